The lowest BCUT2D eigenvalue weighted by molar-refractivity contribution is -0.147. The highest BCUT2D eigenvalue weighted by Gasteiger charge is 2.26. The van der Waals surface area contributed by atoms with Crippen LogP contribution in [0.2, 0.25) is 0 Å². The maximum Gasteiger partial charge on any atom is 0.306 e. The number of esters is 1. The van der Waals surface area contributed by atoms with E-state index >= 15 is 0 Å². The Balaban J connectivity index is 2.19. The van der Waals surface area contributed by atoms with Crippen LogP contribution in [-0.2, 0) is 14.3 Å². The lowest BCUT2D eigenvalue weighted by atomic mass is 10.2. The third-order valence-corrected chi connectivity index (χ3v) is 4.63. The average Bonchev–Trinajstić information content (AvgIpc) is 3.14. The number of anilines is 1. The van der Waals surface area contributed by atoms with Gasteiger partial charge in [-0.2, -0.15) is 5.26 Å². The van der Waals surface area contributed by atoms with E-state index in [0.29, 0.717) is 30.3 Å². The van der Waals surface area contributed by atoms with Crippen molar-refractivity contribution in [3.8, 4) is 6.07 Å². The maximum atomic E-state index is 12.2. The first-order chi connectivity index (χ1) is 11.5. The Bertz CT molecular complexity index is 664. The summed E-state index contributed by atoms with van der Waals surface area (Å²) in [4.78, 5) is 23.6. The van der Waals surface area contributed by atoms with E-state index in [1.54, 1.807) is 0 Å². The summed E-state index contributed by atoms with van der Waals surface area (Å²) in [5.41, 5.74) is 2.40. The molecule has 24 heavy (non-hydrogen) atoms. The van der Waals surface area contributed by atoms with Gasteiger partial charge in [-0.3, -0.25) is 9.59 Å². The summed E-state index contributed by atoms with van der Waals surface area (Å²) in [5, 5.41) is 12.3. The zero-order valence-electron chi connectivity index (χ0n) is 14.6. The van der Waals surface area contributed by atoms with Gasteiger partial charge in [-0.15, -0.1) is 0 Å². The number of amides is 1. The second kappa shape index (κ2) is 8.00. The van der Waals surface area contributed by atoms with Crippen LogP contribution in [0.1, 0.15) is 68.3 Å². The summed E-state index contributed by atoms with van der Waals surface area (Å²) in [7, 11) is 0. The monoisotopic (exact) mass is 331 g/mol. The van der Waals surface area contributed by atoms with Crippen LogP contribution in [0.15, 0.2) is 0 Å². The highest BCUT2D eigenvalue weighted by molar-refractivity contribution is 5.93. The predicted molar refractivity (Wildman–Crippen MR) is 90.6 cm³/mol. The van der Waals surface area contributed by atoms with Gasteiger partial charge in [0.2, 0.25) is 0 Å². The van der Waals surface area contributed by atoms with E-state index < -0.39 is 5.91 Å². The van der Waals surface area contributed by atoms with Crippen LogP contribution in [0.5, 0.6) is 0 Å². The molecule has 0 spiro atoms. The molecule has 1 amide bonds. The smallest absolute Gasteiger partial charge is 0.306 e. The standard InChI is InChI=1S/C18H25N3O3/c1-4-7-17(23)24-11-16(22)20-18-15(10-19)12(2)13(3)21(18)14-8-5-6-9-14/h14H,4-9,11H2,1-3H3,(H,20,22). The molecule has 1 aliphatic carbocycles. The van der Waals surface area contributed by atoms with Crippen LogP contribution in [0, 0.1) is 25.2 Å². The highest BCUT2D eigenvalue weighted by Crippen LogP contribution is 2.37. The Morgan fingerprint density at radius 3 is 2.58 bits per heavy atom. The summed E-state index contributed by atoms with van der Waals surface area (Å²) >= 11 is 0. The molecule has 1 heterocycles. The van der Waals surface area contributed by atoms with E-state index in [-0.39, 0.29) is 12.6 Å². The van der Waals surface area contributed by atoms with Gasteiger partial charge in [0.05, 0.1) is 5.56 Å². The third-order valence-electron chi connectivity index (χ3n) is 4.63. The minimum Gasteiger partial charge on any atom is -0.456 e. The van der Waals surface area contributed by atoms with Crippen molar-refractivity contribution in [3.05, 3.63) is 16.8 Å². The largest absolute Gasteiger partial charge is 0.456 e. The normalized spacial score (nSPS) is 14.4. The lowest BCUT2D eigenvalue weighted by Crippen LogP contribution is -2.23. The van der Waals surface area contributed by atoms with Crippen LogP contribution in [0.25, 0.3) is 0 Å². The third kappa shape index (κ3) is 3.78. The van der Waals surface area contributed by atoms with E-state index in [0.717, 1.165) is 36.9 Å². The summed E-state index contributed by atoms with van der Waals surface area (Å²) in [6.45, 7) is 5.43. The van der Waals surface area contributed by atoms with Crippen molar-refractivity contribution < 1.29 is 14.3 Å². The van der Waals surface area contributed by atoms with Crippen LogP contribution >= 0.6 is 0 Å². The number of nitrogens with one attached hydrogen (secondary N) is 1. The molecule has 0 bridgehead atoms. The SMILES string of the molecule is CCCC(=O)OCC(=O)Nc1c(C#N)c(C)c(C)n1C1CCCC1. The Morgan fingerprint density at radius 1 is 1.33 bits per heavy atom. The molecule has 1 aromatic heterocycles. The van der Waals surface area contributed by atoms with Gasteiger partial charge in [-0.05, 0) is 38.7 Å². The number of nitrogens with zero attached hydrogens (tertiary/aromatic N) is 2. The van der Waals surface area contributed by atoms with Gasteiger partial charge in [0.15, 0.2) is 6.61 Å². The molecule has 1 saturated carbocycles. The van der Waals surface area contributed by atoms with Crippen molar-refractivity contribution in [3.63, 3.8) is 0 Å². The van der Waals surface area contributed by atoms with Gasteiger partial charge < -0.3 is 14.6 Å². The first-order valence-corrected chi connectivity index (χ1v) is 8.56. The fourth-order valence-electron chi connectivity index (χ4n) is 3.30. The summed E-state index contributed by atoms with van der Waals surface area (Å²) in [6, 6.07) is 2.50. The number of rotatable bonds is 6. The zero-order chi connectivity index (χ0) is 17.7. The molecule has 6 nitrogen and oxygen atoms in total. The van der Waals surface area contributed by atoms with Crippen LogP contribution < -0.4 is 5.32 Å². The Hall–Kier alpha value is -2.29. The summed E-state index contributed by atoms with van der Waals surface area (Å²) < 4.78 is 7.03. The van der Waals surface area contributed by atoms with Crippen molar-refractivity contribution in [1.29, 1.82) is 5.26 Å². The van der Waals surface area contributed by atoms with Gasteiger partial charge in [-0.1, -0.05) is 19.8 Å². The van der Waals surface area contributed by atoms with Crippen molar-refractivity contribution in [2.45, 2.75) is 65.3 Å². The number of hydrogen-bond acceptors (Lipinski definition) is 4. The molecule has 1 N–H and O–H groups in total. The number of hydrogen-bond donors (Lipinski definition) is 1. The summed E-state index contributed by atoms with van der Waals surface area (Å²) in [6.07, 6.45) is 5.40. The minimum absolute atomic E-state index is 0.299. The Labute approximate surface area is 142 Å². The van der Waals surface area contributed by atoms with Crippen molar-refractivity contribution in [2.24, 2.45) is 0 Å². The fourth-order valence-corrected chi connectivity index (χ4v) is 3.30. The number of ether oxygens (including phenoxy) is 1. The maximum absolute atomic E-state index is 12.2. The molecular weight excluding hydrogens is 306 g/mol. The van der Waals surface area contributed by atoms with Crippen LogP contribution in [0.3, 0.4) is 0 Å². The van der Waals surface area contributed by atoms with Gasteiger partial charge in [0.1, 0.15) is 11.9 Å². The van der Waals surface area contributed by atoms with Crippen molar-refractivity contribution in [2.75, 3.05) is 11.9 Å². The second-order valence-corrected chi connectivity index (χ2v) is 6.31. The molecule has 0 aromatic carbocycles. The van der Waals surface area contributed by atoms with Crippen molar-refractivity contribution >= 4 is 17.7 Å². The highest BCUT2D eigenvalue weighted by atomic mass is 16.5. The molecule has 0 unspecified atom stereocenters. The van der Waals surface area contributed by atoms with E-state index in [9.17, 15) is 14.9 Å². The molecule has 1 aromatic rings. The van der Waals surface area contributed by atoms with Gasteiger partial charge in [0.25, 0.3) is 5.91 Å². The molecule has 0 aliphatic heterocycles. The molecule has 0 saturated heterocycles. The van der Waals surface area contributed by atoms with Gasteiger partial charge >= 0.3 is 5.97 Å². The number of nitriles is 1. The first-order valence-electron chi connectivity index (χ1n) is 8.56. The van der Waals surface area contributed by atoms with E-state index in [1.165, 1.54) is 0 Å². The summed E-state index contributed by atoms with van der Waals surface area (Å²) in [5.74, 6) is -0.254. The lowest BCUT2D eigenvalue weighted by Gasteiger charge is -2.19. The van der Waals surface area contributed by atoms with Crippen LogP contribution in [-0.4, -0.2) is 23.1 Å². The Kier molecular flexibility index (Phi) is 6.02. The zero-order valence-corrected chi connectivity index (χ0v) is 14.6. The van der Waals surface area contributed by atoms with Crippen LogP contribution in [0.4, 0.5) is 5.82 Å². The predicted octanol–water partition coefficient (Wildman–Crippen LogP) is 3.37. The molecule has 0 radical (unpaired) electrons. The van der Waals surface area contributed by atoms with E-state index in [4.69, 9.17) is 4.74 Å². The number of aromatic nitrogens is 1. The number of carbonyl (C=O) groups excluding carboxylic acids is 2. The molecule has 1 fully saturated rings. The second-order valence-electron chi connectivity index (χ2n) is 6.31. The van der Waals surface area contributed by atoms with Gasteiger partial charge in [-0.25, -0.2) is 0 Å². The quantitative estimate of drug-likeness (QED) is 0.810. The van der Waals surface area contributed by atoms with Gasteiger partial charge in [0, 0.05) is 18.2 Å². The van der Waals surface area contributed by atoms with Crippen molar-refractivity contribution in [1.82, 2.24) is 4.57 Å². The molecule has 2 rings (SSSR count). The topological polar surface area (TPSA) is 84.1 Å². The minimum atomic E-state index is -0.410. The fraction of sp³-hybridized carbons (Fsp3) is 0.611. The average molecular weight is 331 g/mol. The molecule has 6 heteroatoms. The molecule has 1 aliphatic rings. The molecular formula is C18H25N3O3. The first kappa shape index (κ1) is 18.1. The van der Waals surface area contributed by atoms with E-state index in [1.807, 2.05) is 20.8 Å². The Morgan fingerprint density at radius 2 is 2.00 bits per heavy atom. The number of carbonyl (C=O) groups is 2. The molecule has 0 atom stereocenters. The van der Waals surface area contributed by atoms with E-state index in [2.05, 4.69) is 16.0 Å². The molecule has 130 valence electrons.